The second-order valence-electron chi connectivity index (χ2n) is 5.53. The Morgan fingerprint density at radius 3 is 1.76 bits per heavy atom. The molecule has 2 heterocycles. The third-order valence-electron chi connectivity index (χ3n) is 3.98. The van der Waals surface area contributed by atoms with Crippen LogP contribution in [0.1, 0.15) is 5.71 Å². The summed E-state index contributed by atoms with van der Waals surface area (Å²) in [6.45, 7) is -1.35. The van der Waals surface area contributed by atoms with Crippen molar-refractivity contribution >= 4 is 75.5 Å². The van der Waals surface area contributed by atoms with E-state index in [-0.39, 0.29) is 81.2 Å². The van der Waals surface area contributed by atoms with Crippen LogP contribution in [0.3, 0.4) is 0 Å². The summed E-state index contributed by atoms with van der Waals surface area (Å²) >= 11 is 0. The maximum absolute atomic E-state index is 9.94. The predicted octanol–water partition coefficient (Wildman–Crippen LogP) is -5.71. The predicted molar refractivity (Wildman–Crippen MR) is 84.6 cm³/mol. The van der Waals surface area contributed by atoms with Crippen molar-refractivity contribution in [1.29, 1.82) is 0 Å². The van der Waals surface area contributed by atoms with Gasteiger partial charge in [-0.25, -0.2) is 0 Å². The molecule has 144 valence electrons. The van der Waals surface area contributed by atoms with E-state index in [9.17, 15) is 35.7 Å². The van der Waals surface area contributed by atoms with E-state index in [1.165, 1.54) is 0 Å². The molecule has 0 aromatic carbocycles. The molecule has 2 saturated heterocycles. The molecule has 0 amide bonds. The van der Waals surface area contributed by atoms with Crippen LogP contribution < -0.4 is 0 Å². The van der Waals surface area contributed by atoms with Crippen LogP contribution in [-0.4, -0.2) is 191 Å². The first-order valence-electron chi connectivity index (χ1n) is 7.08. The number of hydrogen-bond donors (Lipinski definition) is 8. The Morgan fingerprint density at radius 1 is 0.680 bits per heavy atom. The molecular formula is C12H26Ca2O11. The van der Waals surface area contributed by atoms with Gasteiger partial charge in [0.1, 0.15) is 48.8 Å². The average molecular weight is 426 g/mol. The van der Waals surface area contributed by atoms with E-state index in [0.717, 1.165) is 0 Å². The molecule has 13 heteroatoms. The first-order valence-corrected chi connectivity index (χ1v) is 7.08. The van der Waals surface area contributed by atoms with Crippen molar-refractivity contribution in [3.63, 3.8) is 0 Å². The van der Waals surface area contributed by atoms with Gasteiger partial charge in [0, 0.05) is 0 Å². The van der Waals surface area contributed by atoms with Gasteiger partial charge in [-0.1, -0.05) is 0 Å². The molecule has 0 bridgehead atoms. The van der Waals surface area contributed by atoms with Crippen LogP contribution in [0.5, 0.6) is 0 Å². The normalized spacial score (nSPS) is 47.5. The summed E-state index contributed by atoms with van der Waals surface area (Å²) in [5, 5.41) is 76.5. The number of ether oxygens (including phenoxy) is 3. The number of aliphatic hydroxyl groups is 8. The van der Waals surface area contributed by atoms with Gasteiger partial charge in [-0.15, -0.1) is 0 Å². The number of aliphatic hydroxyl groups excluding tert-OH is 8. The Hall–Kier alpha value is 2.08. The van der Waals surface area contributed by atoms with Crippen LogP contribution in [0.4, 0.5) is 0 Å². The minimum atomic E-state index is -1.74. The Labute approximate surface area is 209 Å². The number of rotatable bonds is 4. The monoisotopic (exact) mass is 426 g/mol. The average Bonchev–Trinajstić information content (AvgIpc) is 2.55. The molecule has 2 rings (SSSR count). The minimum absolute atomic E-state index is 0. The van der Waals surface area contributed by atoms with E-state index in [0.29, 0.717) is 0 Å². The second kappa shape index (κ2) is 11.9. The van der Waals surface area contributed by atoms with E-state index in [1.807, 2.05) is 0 Å². The summed E-state index contributed by atoms with van der Waals surface area (Å²) in [6, 6.07) is 0. The molecular weight excluding hydrogens is 400 g/mol. The molecule has 10 atom stereocenters. The van der Waals surface area contributed by atoms with Gasteiger partial charge in [0.05, 0.1) is 13.2 Å². The zero-order valence-electron chi connectivity index (χ0n) is 17.4. The van der Waals surface area contributed by atoms with Gasteiger partial charge in [-0.2, -0.15) is 0 Å². The molecule has 11 nitrogen and oxygen atoms in total. The van der Waals surface area contributed by atoms with Crippen LogP contribution >= 0.6 is 0 Å². The molecule has 0 saturated carbocycles. The van der Waals surface area contributed by atoms with Gasteiger partial charge in [0.25, 0.3) is 0 Å². The maximum Gasteiger partial charge on any atom is 2.00 e. The minimum Gasteiger partial charge on any atom is -1.00 e. The number of hydrogen-bond acceptors (Lipinski definition) is 11. The molecule has 0 aromatic rings. The summed E-state index contributed by atoms with van der Waals surface area (Å²) in [4.78, 5) is 0. The van der Waals surface area contributed by atoms with E-state index in [4.69, 9.17) is 19.3 Å². The SMILES string of the molecule is OC[C@H]1O[C@@H](O[C@H]2[C@H](O)[C@@H](O)[C@H](O)O[C@@H]2CO)[C@H](O)[C@@H](O)[C@H]1O.[Ca+2].[Ca+2].[H-].[H-].[H-].[H-]. The van der Waals surface area contributed by atoms with E-state index in [1.54, 1.807) is 0 Å². The Kier molecular flexibility index (Phi) is 12.9. The Bertz CT molecular complexity index is 405. The van der Waals surface area contributed by atoms with Crippen molar-refractivity contribution in [3.8, 4) is 0 Å². The van der Waals surface area contributed by atoms with E-state index >= 15 is 0 Å². The van der Waals surface area contributed by atoms with E-state index < -0.39 is 74.6 Å². The summed E-state index contributed by atoms with van der Waals surface area (Å²) in [5.41, 5.74) is 0. The summed E-state index contributed by atoms with van der Waals surface area (Å²) in [5.74, 6) is 0. The molecule has 25 heavy (non-hydrogen) atoms. The molecule has 0 aromatic heterocycles. The van der Waals surface area contributed by atoms with Crippen LogP contribution in [0.2, 0.25) is 0 Å². The van der Waals surface area contributed by atoms with Gasteiger partial charge in [-0.3, -0.25) is 0 Å². The second-order valence-corrected chi connectivity index (χ2v) is 5.53. The van der Waals surface area contributed by atoms with Gasteiger partial charge < -0.3 is 60.8 Å². The third-order valence-corrected chi connectivity index (χ3v) is 3.98. The van der Waals surface area contributed by atoms with Crippen molar-refractivity contribution in [2.45, 2.75) is 61.4 Å². The molecule has 2 fully saturated rings. The zero-order chi connectivity index (χ0) is 17.3. The fourth-order valence-corrected chi connectivity index (χ4v) is 2.57. The quantitative estimate of drug-likeness (QED) is 0.200. The van der Waals surface area contributed by atoms with Crippen molar-refractivity contribution in [2.75, 3.05) is 13.2 Å². The molecule has 2 aliphatic heterocycles. The van der Waals surface area contributed by atoms with Gasteiger partial charge in [0.2, 0.25) is 0 Å². The summed E-state index contributed by atoms with van der Waals surface area (Å²) in [6.07, 6.45) is -15.6. The van der Waals surface area contributed by atoms with Crippen LogP contribution in [0.25, 0.3) is 0 Å². The fraction of sp³-hybridized carbons (Fsp3) is 1.00. The smallest absolute Gasteiger partial charge is 1.00 e. The zero-order valence-corrected chi connectivity index (χ0v) is 17.8. The Balaban J connectivity index is -0.000000320. The standard InChI is InChI=1S/C12H22O11.2Ca.4H/c13-1-3-5(15)6(16)9(19)12(22-3)23-10-4(2-14)21-11(20)8(18)7(10)17;;;;;;/h3-20H,1-2H2;;;;;;/q;2*+2;4*-1/t3-,4-,5+,6+,7-,8-,9-,10-,11-,12+;;;;;;/m1....../s1. The molecule has 2 aliphatic rings. The van der Waals surface area contributed by atoms with Crippen molar-refractivity contribution in [3.05, 3.63) is 0 Å². The van der Waals surface area contributed by atoms with Gasteiger partial charge in [0.15, 0.2) is 12.6 Å². The van der Waals surface area contributed by atoms with Gasteiger partial charge in [-0.05, 0) is 0 Å². The van der Waals surface area contributed by atoms with Crippen LogP contribution in [-0.2, 0) is 14.2 Å². The summed E-state index contributed by atoms with van der Waals surface area (Å²) in [7, 11) is 0. The van der Waals surface area contributed by atoms with Crippen molar-refractivity contribution < 1.29 is 60.8 Å². The van der Waals surface area contributed by atoms with Gasteiger partial charge >= 0.3 is 75.5 Å². The van der Waals surface area contributed by atoms with Crippen LogP contribution in [0, 0.1) is 0 Å². The molecule has 0 spiro atoms. The molecule has 8 N–H and O–H groups in total. The summed E-state index contributed by atoms with van der Waals surface area (Å²) < 4.78 is 15.3. The molecule has 0 unspecified atom stereocenters. The maximum atomic E-state index is 9.94. The largest absolute Gasteiger partial charge is 2.00 e. The van der Waals surface area contributed by atoms with E-state index in [2.05, 4.69) is 0 Å². The molecule has 0 aliphatic carbocycles. The fourth-order valence-electron chi connectivity index (χ4n) is 2.57. The topological polar surface area (TPSA) is 190 Å². The van der Waals surface area contributed by atoms with Crippen LogP contribution in [0.15, 0.2) is 0 Å². The van der Waals surface area contributed by atoms with Crippen molar-refractivity contribution in [2.24, 2.45) is 0 Å². The first kappa shape index (κ1) is 27.1. The Morgan fingerprint density at radius 2 is 1.24 bits per heavy atom. The van der Waals surface area contributed by atoms with Crippen molar-refractivity contribution in [1.82, 2.24) is 0 Å². The first-order chi connectivity index (χ1) is 10.8. The third kappa shape index (κ3) is 6.03. The molecule has 0 radical (unpaired) electrons.